The average molecular weight is 466 g/mol. The molecule has 0 saturated carbocycles. The summed E-state index contributed by atoms with van der Waals surface area (Å²) in [5, 5.41) is 0.0206. The largest absolute Gasteiger partial charge is 0.480 e. The predicted octanol–water partition coefficient (Wildman–Crippen LogP) is 2.90. The van der Waals surface area contributed by atoms with Crippen LogP contribution in [0.25, 0.3) is 0 Å². The first-order valence-electron chi connectivity index (χ1n) is 8.44. The molecule has 0 fully saturated rings. The van der Waals surface area contributed by atoms with E-state index in [4.69, 9.17) is 22.1 Å². The molecule has 2 heterocycles. The van der Waals surface area contributed by atoms with Crippen molar-refractivity contribution < 1.29 is 21.9 Å². The highest BCUT2D eigenvalue weighted by Gasteiger charge is 2.24. The Balaban J connectivity index is 2.01. The Bertz CT molecular complexity index is 1340. The number of pyridine rings is 1. The molecule has 8 nitrogen and oxygen atoms in total. The van der Waals surface area contributed by atoms with Crippen molar-refractivity contribution in [1.82, 2.24) is 15.0 Å². The summed E-state index contributed by atoms with van der Waals surface area (Å²) in [6, 6.07) is 2.88. The number of nitrogens with two attached hydrogens (primary N) is 1. The summed E-state index contributed by atoms with van der Waals surface area (Å²) in [6.45, 7) is 1.60. The molecule has 1 aromatic carbocycles. The lowest BCUT2D eigenvalue weighted by atomic mass is 10.1. The highest BCUT2D eigenvalue weighted by Crippen LogP contribution is 2.28. The Labute approximate surface area is 181 Å². The molecule has 0 aliphatic carbocycles. The van der Waals surface area contributed by atoms with Crippen LogP contribution in [0.2, 0.25) is 5.02 Å². The smallest absolute Gasteiger partial charge is 0.267 e. The van der Waals surface area contributed by atoms with Crippen LogP contribution in [0.1, 0.15) is 17.0 Å². The molecule has 0 radical (unpaired) electrons. The number of rotatable bonds is 4. The van der Waals surface area contributed by atoms with Crippen LogP contribution in [-0.2, 0) is 10.0 Å². The quantitative estimate of drug-likeness (QED) is 0.568. The minimum Gasteiger partial charge on any atom is -0.480 e. The van der Waals surface area contributed by atoms with Crippen LogP contribution in [0, 0.1) is 30.4 Å². The molecule has 12 heteroatoms. The zero-order chi connectivity index (χ0) is 22.8. The fourth-order valence-corrected chi connectivity index (χ4v) is 3.81. The first kappa shape index (κ1) is 22.2. The van der Waals surface area contributed by atoms with E-state index in [9.17, 15) is 17.2 Å². The lowest BCUT2D eigenvalue weighted by molar-refractivity contribution is 0.385. The Morgan fingerprint density at radius 2 is 1.94 bits per heavy atom. The van der Waals surface area contributed by atoms with Gasteiger partial charge in [0.2, 0.25) is 5.88 Å². The second-order valence-electron chi connectivity index (χ2n) is 6.03. The van der Waals surface area contributed by atoms with Gasteiger partial charge in [0.1, 0.15) is 17.3 Å². The van der Waals surface area contributed by atoms with Gasteiger partial charge in [0.25, 0.3) is 10.0 Å². The Kier molecular flexibility index (Phi) is 6.24. The fraction of sp³-hybridized carbons (Fsp3) is 0.105. The lowest BCUT2D eigenvalue weighted by Gasteiger charge is -2.12. The molecule has 3 N–H and O–H groups in total. The molecule has 0 aliphatic heterocycles. The van der Waals surface area contributed by atoms with Crippen LogP contribution < -0.4 is 15.2 Å². The molecule has 0 saturated heterocycles. The van der Waals surface area contributed by atoms with E-state index in [1.54, 1.807) is 6.92 Å². The van der Waals surface area contributed by atoms with E-state index >= 15 is 0 Å². The monoisotopic (exact) mass is 465 g/mol. The van der Waals surface area contributed by atoms with Gasteiger partial charge in [0, 0.05) is 6.20 Å². The summed E-state index contributed by atoms with van der Waals surface area (Å²) in [6.07, 6.45) is 2.43. The molecule has 2 aromatic heterocycles. The zero-order valence-corrected chi connectivity index (χ0v) is 17.6. The second kappa shape index (κ2) is 8.71. The van der Waals surface area contributed by atoms with Gasteiger partial charge >= 0.3 is 0 Å². The number of hydrogen-bond donors (Lipinski definition) is 2. The highest BCUT2D eigenvalue weighted by atomic mass is 35.5. The molecule has 0 bridgehead atoms. The van der Waals surface area contributed by atoms with Crippen molar-refractivity contribution in [3.63, 3.8) is 0 Å². The van der Waals surface area contributed by atoms with Crippen molar-refractivity contribution in [3.8, 4) is 17.7 Å². The summed E-state index contributed by atoms with van der Waals surface area (Å²) in [5.74, 6) is 2.52. The molecule has 0 atom stereocenters. The van der Waals surface area contributed by atoms with Crippen molar-refractivity contribution in [1.29, 1.82) is 0 Å². The number of aromatic nitrogens is 3. The van der Waals surface area contributed by atoms with Crippen molar-refractivity contribution in [3.05, 3.63) is 64.2 Å². The van der Waals surface area contributed by atoms with E-state index in [-0.39, 0.29) is 22.4 Å². The molecular formula is C19H14ClF2N5O3S. The van der Waals surface area contributed by atoms with Crippen molar-refractivity contribution in [2.45, 2.75) is 11.8 Å². The van der Waals surface area contributed by atoms with Crippen LogP contribution in [0.3, 0.4) is 0 Å². The summed E-state index contributed by atoms with van der Waals surface area (Å²) < 4.78 is 61.4. The SMILES string of the molecule is COc1ncc(Cl)cc1S(=O)(=O)Nc1ccc(F)c(C#Cc2cnc(N)c(C)n2)c1F. The fourth-order valence-electron chi connectivity index (χ4n) is 2.38. The van der Waals surface area contributed by atoms with E-state index in [0.29, 0.717) is 5.69 Å². The first-order chi connectivity index (χ1) is 14.6. The summed E-state index contributed by atoms with van der Waals surface area (Å²) in [4.78, 5) is 11.2. The van der Waals surface area contributed by atoms with E-state index in [1.807, 2.05) is 4.72 Å². The third-order valence-corrected chi connectivity index (χ3v) is 5.47. The maximum absolute atomic E-state index is 14.9. The van der Waals surface area contributed by atoms with E-state index in [1.165, 1.54) is 19.5 Å². The van der Waals surface area contributed by atoms with Crippen molar-refractivity contribution >= 4 is 33.1 Å². The number of benzene rings is 1. The van der Waals surface area contributed by atoms with Crippen molar-refractivity contribution in [2.75, 3.05) is 17.6 Å². The zero-order valence-electron chi connectivity index (χ0n) is 16.1. The van der Waals surface area contributed by atoms with Crippen LogP contribution in [-0.4, -0.2) is 30.5 Å². The van der Waals surface area contributed by atoms with E-state index < -0.39 is 37.8 Å². The Morgan fingerprint density at radius 1 is 1.19 bits per heavy atom. The van der Waals surface area contributed by atoms with Gasteiger partial charge in [0.15, 0.2) is 10.7 Å². The standard InChI is InChI=1S/C19H14ClF2N5O3S/c1-10-18(23)24-9-12(26-10)3-4-13-14(21)5-6-15(17(13)22)27-31(28,29)16-7-11(20)8-25-19(16)30-2/h5-9,27H,1-2H3,(H2,23,24). The number of nitrogens with zero attached hydrogens (tertiary/aromatic N) is 3. The number of halogens is 3. The minimum absolute atomic E-state index is 0.0206. The molecule has 31 heavy (non-hydrogen) atoms. The minimum atomic E-state index is -4.38. The lowest BCUT2D eigenvalue weighted by Crippen LogP contribution is -2.16. The molecule has 0 unspecified atom stereocenters. The maximum atomic E-state index is 14.9. The number of methoxy groups -OCH3 is 1. The predicted molar refractivity (Wildman–Crippen MR) is 110 cm³/mol. The Morgan fingerprint density at radius 3 is 2.61 bits per heavy atom. The summed E-state index contributed by atoms with van der Waals surface area (Å²) in [7, 11) is -3.17. The highest BCUT2D eigenvalue weighted by molar-refractivity contribution is 7.92. The molecule has 0 aliphatic rings. The van der Waals surface area contributed by atoms with Gasteiger partial charge in [-0.1, -0.05) is 17.5 Å². The third-order valence-electron chi connectivity index (χ3n) is 3.90. The average Bonchev–Trinajstić information content (AvgIpc) is 2.72. The molecular weight excluding hydrogens is 452 g/mol. The van der Waals surface area contributed by atoms with Gasteiger partial charge in [-0.25, -0.2) is 32.2 Å². The van der Waals surface area contributed by atoms with Crippen LogP contribution in [0.4, 0.5) is 20.3 Å². The molecule has 0 spiro atoms. The number of ether oxygens (including phenoxy) is 1. The normalized spacial score (nSPS) is 10.9. The number of nitrogens with one attached hydrogen (secondary N) is 1. The van der Waals surface area contributed by atoms with Gasteiger partial charge in [-0.05, 0) is 31.0 Å². The molecule has 0 amide bonds. The van der Waals surface area contributed by atoms with E-state index in [2.05, 4.69) is 26.8 Å². The summed E-state index contributed by atoms with van der Waals surface area (Å²) >= 11 is 5.81. The van der Waals surface area contributed by atoms with Crippen LogP contribution in [0.5, 0.6) is 5.88 Å². The van der Waals surface area contributed by atoms with Gasteiger partial charge in [-0.15, -0.1) is 0 Å². The topological polar surface area (TPSA) is 120 Å². The van der Waals surface area contributed by atoms with Crippen molar-refractivity contribution in [2.24, 2.45) is 0 Å². The second-order valence-corrected chi connectivity index (χ2v) is 8.11. The third kappa shape index (κ3) is 4.82. The molecule has 3 aromatic rings. The Hall–Kier alpha value is -3.49. The van der Waals surface area contributed by atoms with Gasteiger partial charge in [0.05, 0.1) is 35.3 Å². The van der Waals surface area contributed by atoms with Gasteiger partial charge in [-0.3, -0.25) is 4.72 Å². The number of aryl methyl sites for hydroxylation is 1. The molecule has 3 rings (SSSR count). The maximum Gasteiger partial charge on any atom is 0.267 e. The number of hydrogen-bond acceptors (Lipinski definition) is 7. The first-order valence-corrected chi connectivity index (χ1v) is 10.3. The van der Waals surface area contributed by atoms with Gasteiger partial charge in [-0.2, -0.15) is 0 Å². The van der Waals surface area contributed by atoms with Crippen LogP contribution >= 0.6 is 11.6 Å². The molecule has 160 valence electrons. The summed E-state index contributed by atoms with van der Waals surface area (Å²) in [5.41, 5.74) is 4.91. The van der Waals surface area contributed by atoms with Gasteiger partial charge < -0.3 is 10.5 Å². The number of nitrogen functional groups attached to an aromatic ring is 1. The van der Waals surface area contributed by atoms with E-state index in [0.717, 1.165) is 18.2 Å². The number of anilines is 2. The van der Waals surface area contributed by atoms with Crippen LogP contribution in [0.15, 0.2) is 35.5 Å². The number of sulfonamides is 1.